The van der Waals surface area contributed by atoms with Crippen molar-refractivity contribution in [3.05, 3.63) is 0 Å². The Kier molecular flexibility index (Phi) is 3.70. The minimum atomic E-state index is -3.29. The van der Waals surface area contributed by atoms with E-state index in [1.165, 1.54) is 0 Å². The van der Waals surface area contributed by atoms with Gasteiger partial charge >= 0.3 is 0 Å². The summed E-state index contributed by atoms with van der Waals surface area (Å²) in [6.07, 6.45) is 2.51. The van der Waals surface area contributed by atoms with Gasteiger partial charge in [-0.05, 0) is 38.9 Å². The molecule has 1 aliphatic rings. The molecule has 0 atom stereocenters. The summed E-state index contributed by atoms with van der Waals surface area (Å²) in [6.45, 7) is 4.94. The lowest BCUT2D eigenvalue weighted by atomic mass is 10.1. The number of likely N-dealkylation sites (tertiary alicyclic amines) is 1. The molecule has 1 rings (SSSR count). The van der Waals surface area contributed by atoms with Gasteiger partial charge in [0, 0.05) is 0 Å². The molecule has 4 nitrogen and oxygen atoms in total. The average Bonchev–Trinajstić information content (AvgIpc) is 2.04. The maximum Gasteiger partial charge on any atom is 0.212 e. The van der Waals surface area contributed by atoms with Gasteiger partial charge in [0.2, 0.25) is 10.0 Å². The van der Waals surface area contributed by atoms with Crippen LogP contribution in [0.25, 0.3) is 0 Å². The molecule has 1 aliphatic heterocycles. The Morgan fingerprint density at radius 1 is 1.38 bits per heavy atom. The third-order valence-electron chi connectivity index (χ3n) is 2.54. The van der Waals surface area contributed by atoms with E-state index in [0.29, 0.717) is 12.8 Å². The maximum absolute atomic E-state index is 11.0. The Bertz CT molecular complexity index is 243. The molecule has 0 radical (unpaired) electrons. The molecule has 2 N–H and O–H groups in total. The molecular weight excluding hydrogens is 188 g/mol. The molecule has 0 bridgehead atoms. The summed E-state index contributed by atoms with van der Waals surface area (Å²) in [7, 11) is -3.29. The van der Waals surface area contributed by atoms with Gasteiger partial charge in [-0.25, -0.2) is 13.6 Å². The Morgan fingerprint density at radius 3 is 2.31 bits per heavy atom. The molecule has 1 heterocycles. The predicted molar refractivity (Wildman–Crippen MR) is 52.9 cm³/mol. The number of sulfonamides is 1. The van der Waals surface area contributed by atoms with E-state index in [-0.39, 0.29) is 5.25 Å². The predicted octanol–water partition coefficient (Wildman–Crippen LogP) is 0.149. The third kappa shape index (κ3) is 3.25. The smallest absolute Gasteiger partial charge is 0.212 e. The van der Waals surface area contributed by atoms with Crippen molar-refractivity contribution in [2.45, 2.75) is 31.4 Å². The van der Waals surface area contributed by atoms with Crippen LogP contribution in [0.3, 0.4) is 0 Å². The summed E-state index contributed by atoms with van der Waals surface area (Å²) in [5.41, 5.74) is 0. The fraction of sp³-hybridized carbons (Fsp3) is 1.00. The van der Waals surface area contributed by atoms with Crippen molar-refractivity contribution in [1.82, 2.24) is 4.90 Å². The van der Waals surface area contributed by atoms with Crippen molar-refractivity contribution < 1.29 is 8.42 Å². The number of nitrogens with zero attached hydrogens (tertiary/aromatic N) is 1. The van der Waals surface area contributed by atoms with Crippen molar-refractivity contribution in [3.8, 4) is 0 Å². The van der Waals surface area contributed by atoms with Gasteiger partial charge in [0.15, 0.2) is 0 Å². The lowest BCUT2D eigenvalue weighted by Crippen LogP contribution is -2.41. The van der Waals surface area contributed by atoms with Gasteiger partial charge in [-0.1, -0.05) is 6.92 Å². The van der Waals surface area contributed by atoms with Gasteiger partial charge in [-0.2, -0.15) is 0 Å². The first-order valence-corrected chi connectivity index (χ1v) is 6.39. The Hall–Kier alpha value is -0.130. The van der Waals surface area contributed by atoms with E-state index in [9.17, 15) is 8.42 Å². The zero-order valence-corrected chi connectivity index (χ0v) is 8.89. The first-order valence-electron chi connectivity index (χ1n) is 4.78. The van der Waals surface area contributed by atoms with Gasteiger partial charge in [-0.15, -0.1) is 0 Å². The molecule has 13 heavy (non-hydrogen) atoms. The van der Waals surface area contributed by atoms with Gasteiger partial charge in [-0.3, -0.25) is 0 Å². The van der Waals surface area contributed by atoms with E-state index >= 15 is 0 Å². The van der Waals surface area contributed by atoms with E-state index in [2.05, 4.69) is 11.8 Å². The summed E-state index contributed by atoms with van der Waals surface area (Å²) < 4.78 is 22.0. The first kappa shape index (κ1) is 10.9. The van der Waals surface area contributed by atoms with Crippen LogP contribution in [0, 0.1) is 0 Å². The van der Waals surface area contributed by atoms with Crippen molar-refractivity contribution >= 4 is 10.0 Å². The van der Waals surface area contributed by atoms with Crippen molar-refractivity contribution in [1.29, 1.82) is 0 Å². The number of rotatable bonds is 3. The van der Waals surface area contributed by atoms with Crippen LogP contribution in [0.15, 0.2) is 0 Å². The lowest BCUT2D eigenvalue weighted by molar-refractivity contribution is 0.230. The van der Waals surface area contributed by atoms with Crippen LogP contribution >= 0.6 is 0 Å². The second-order valence-electron chi connectivity index (χ2n) is 3.63. The number of hydrogen-bond donors (Lipinski definition) is 1. The second kappa shape index (κ2) is 4.39. The molecule has 0 saturated carbocycles. The van der Waals surface area contributed by atoms with Crippen molar-refractivity contribution in [2.75, 3.05) is 19.6 Å². The molecule has 0 spiro atoms. The molecular formula is C8H18N2O2S. The first-order chi connectivity index (χ1) is 6.04. The normalized spacial score (nSPS) is 22.0. The molecule has 0 aromatic rings. The second-order valence-corrected chi connectivity index (χ2v) is 5.47. The van der Waals surface area contributed by atoms with E-state index in [1.807, 2.05) is 0 Å². The maximum atomic E-state index is 11.0. The fourth-order valence-electron chi connectivity index (χ4n) is 1.78. The zero-order valence-electron chi connectivity index (χ0n) is 8.07. The van der Waals surface area contributed by atoms with Gasteiger partial charge in [0.25, 0.3) is 0 Å². The number of hydrogen-bond acceptors (Lipinski definition) is 3. The van der Waals surface area contributed by atoms with Crippen LogP contribution in [0.1, 0.15) is 26.2 Å². The molecule has 1 fully saturated rings. The highest BCUT2D eigenvalue weighted by Gasteiger charge is 2.26. The van der Waals surface area contributed by atoms with E-state index in [0.717, 1.165) is 26.1 Å². The van der Waals surface area contributed by atoms with E-state index < -0.39 is 10.0 Å². The molecule has 0 aromatic heterocycles. The van der Waals surface area contributed by atoms with Crippen LogP contribution < -0.4 is 5.14 Å². The van der Waals surface area contributed by atoms with Crippen LogP contribution in [0.4, 0.5) is 0 Å². The third-order valence-corrected chi connectivity index (χ3v) is 3.94. The number of piperidine rings is 1. The molecule has 0 amide bonds. The highest BCUT2D eigenvalue weighted by atomic mass is 32.2. The van der Waals surface area contributed by atoms with Crippen LogP contribution in [0.2, 0.25) is 0 Å². The van der Waals surface area contributed by atoms with Gasteiger partial charge in [0.1, 0.15) is 0 Å². The van der Waals surface area contributed by atoms with Gasteiger partial charge < -0.3 is 4.90 Å². The molecule has 1 saturated heterocycles. The number of primary sulfonamides is 1. The monoisotopic (exact) mass is 206 g/mol. The molecule has 0 aromatic carbocycles. The van der Waals surface area contributed by atoms with E-state index in [1.54, 1.807) is 0 Å². The number of nitrogens with two attached hydrogens (primary N) is 1. The minimum Gasteiger partial charge on any atom is -0.303 e. The Morgan fingerprint density at radius 2 is 1.92 bits per heavy atom. The van der Waals surface area contributed by atoms with Crippen molar-refractivity contribution in [3.63, 3.8) is 0 Å². The summed E-state index contributed by atoms with van der Waals surface area (Å²) in [4.78, 5) is 2.29. The Labute approximate surface area is 80.1 Å². The zero-order chi connectivity index (χ0) is 9.90. The molecule has 78 valence electrons. The van der Waals surface area contributed by atoms with Crippen LogP contribution in [-0.4, -0.2) is 38.2 Å². The fourth-order valence-corrected chi connectivity index (χ4v) is 2.65. The summed E-state index contributed by atoms with van der Waals surface area (Å²) in [5, 5.41) is 4.78. The quantitative estimate of drug-likeness (QED) is 0.715. The lowest BCUT2D eigenvalue weighted by Gasteiger charge is -2.30. The highest BCUT2D eigenvalue weighted by Crippen LogP contribution is 2.15. The topological polar surface area (TPSA) is 63.4 Å². The SMILES string of the molecule is CCCN1CCC(S(N)(=O)=O)CC1. The van der Waals surface area contributed by atoms with Crippen molar-refractivity contribution in [2.24, 2.45) is 5.14 Å². The summed E-state index contributed by atoms with van der Waals surface area (Å²) >= 11 is 0. The Balaban J connectivity index is 2.39. The highest BCUT2D eigenvalue weighted by molar-refractivity contribution is 7.89. The van der Waals surface area contributed by atoms with Crippen LogP contribution in [-0.2, 0) is 10.0 Å². The standard InChI is InChI=1S/C8H18N2O2S/c1-2-5-10-6-3-8(4-7-10)13(9,11)12/h8H,2-7H2,1H3,(H2,9,11,12). The average molecular weight is 206 g/mol. The largest absolute Gasteiger partial charge is 0.303 e. The van der Waals surface area contributed by atoms with Gasteiger partial charge in [0.05, 0.1) is 5.25 Å². The molecule has 0 unspecified atom stereocenters. The molecule has 0 aliphatic carbocycles. The van der Waals surface area contributed by atoms with E-state index in [4.69, 9.17) is 5.14 Å². The molecule has 5 heteroatoms. The van der Waals surface area contributed by atoms with Crippen LogP contribution in [0.5, 0.6) is 0 Å². The minimum absolute atomic E-state index is 0.305. The summed E-state index contributed by atoms with van der Waals surface area (Å²) in [5.74, 6) is 0. The summed E-state index contributed by atoms with van der Waals surface area (Å²) in [6, 6.07) is 0.